The minimum atomic E-state index is 0.346. The van der Waals surface area contributed by atoms with Gasteiger partial charge in [0.1, 0.15) is 0 Å². The third-order valence-electron chi connectivity index (χ3n) is 4.53. The smallest absolute Gasteiger partial charge is 0.0666 e. The summed E-state index contributed by atoms with van der Waals surface area (Å²) < 4.78 is 2.14. The molecule has 0 unspecified atom stereocenters. The molecule has 0 amide bonds. The second kappa shape index (κ2) is 5.73. The lowest BCUT2D eigenvalue weighted by Gasteiger charge is -2.30. The van der Waals surface area contributed by atoms with Crippen LogP contribution in [0.1, 0.15) is 51.1 Å². The van der Waals surface area contributed by atoms with Gasteiger partial charge in [-0.2, -0.15) is 5.10 Å². The predicted octanol–water partition coefficient (Wildman–Crippen LogP) is 5.24. The Morgan fingerprint density at radius 1 is 1.32 bits per heavy atom. The summed E-state index contributed by atoms with van der Waals surface area (Å²) in [7, 11) is 0. The number of nitrogens with zero attached hydrogens (tertiary/aromatic N) is 2. The van der Waals surface area contributed by atoms with Gasteiger partial charge in [0, 0.05) is 10.7 Å². The van der Waals surface area contributed by atoms with Crippen LogP contribution in [-0.2, 0) is 19.3 Å². The van der Waals surface area contributed by atoms with Crippen molar-refractivity contribution in [2.45, 2.75) is 53.4 Å². The van der Waals surface area contributed by atoms with Crippen molar-refractivity contribution < 1.29 is 0 Å². The first kappa shape index (κ1) is 15.6. The van der Waals surface area contributed by atoms with E-state index in [0.29, 0.717) is 11.3 Å². The molecule has 1 aliphatic rings. The molecule has 1 heterocycles. The van der Waals surface area contributed by atoms with Gasteiger partial charge < -0.3 is 0 Å². The summed E-state index contributed by atoms with van der Waals surface area (Å²) >= 11 is 6.18. The van der Waals surface area contributed by atoms with E-state index in [4.69, 9.17) is 16.7 Å². The number of benzene rings is 1. The number of halogens is 1. The summed E-state index contributed by atoms with van der Waals surface area (Å²) in [6.07, 6.45) is 4.52. The molecule has 1 aromatic carbocycles. The topological polar surface area (TPSA) is 17.8 Å². The highest BCUT2D eigenvalue weighted by molar-refractivity contribution is 6.30. The number of hydrogen-bond acceptors (Lipinski definition) is 1. The van der Waals surface area contributed by atoms with Crippen molar-refractivity contribution >= 4 is 11.6 Å². The summed E-state index contributed by atoms with van der Waals surface area (Å²) in [5, 5.41) is 5.73. The molecule has 118 valence electrons. The maximum atomic E-state index is 6.18. The number of aromatic nitrogens is 2. The van der Waals surface area contributed by atoms with Gasteiger partial charge in [0.05, 0.1) is 11.4 Å². The molecule has 0 saturated heterocycles. The summed E-state index contributed by atoms with van der Waals surface area (Å²) in [6, 6.07) is 8.03. The van der Waals surface area contributed by atoms with Gasteiger partial charge in [-0.15, -0.1) is 0 Å². The fourth-order valence-corrected chi connectivity index (χ4v) is 3.57. The SMILES string of the molecule is CC(C)Cc1nn(-c2cccc(Cl)c2)c2c1CCC(C)(C)C2. The van der Waals surface area contributed by atoms with Crippen molar-refractivity contribution in [2.24, 2.45) is 11.3 Å². The van der Waals surface area contributed by atoms with Gasteiger partial charge in [0.2, 0.25) is 0 Å². The molecule has 0 N–H and O–H groups in total. The van der Waals surface area contributed by atoms with Crippen LogP contribution >= 0.6 is 11.6 Å². The van der Waals surface area contributed by atoms with E-state index in [1.807, 2.05) is 18.2 Å². The van der Waals surface area contributed by atoms with Crippen molar-refractivity contribution in [3.05, 3.63) is 46.2 Å². The zero-order valence-electron chi connectivity index (χ0n) is 14.0. The van der Waals surface area contributed by atoms with Crippen molar-refractivity contribution in [2.75, 3.05) is 0 Å². The van der Waals surface area contributed by atoms with Crippen LogP contribution in [0.5, 0.6) is 0 Å². The molecule has 0 aliphatic heterocycles. The van der Waals surface area contributed by atoms with E-state index in [1.54, 1.807) is 0 Å². The van der Waals surface area contributed by atoms with Gasteiger partial charge in [-0.3, -0.25) is 0 Å². The van der Waals surface area contributed by atoms with Crippen LogP contribution in [0.4, 0.5) is 0 Å². The summed E-state index contributed by atoms with van der Waals surface area (Å²) in [5.41, 5.74) is 5.57. The second-order valence-corrected chi connectivity index (χ2v) is 8.14. The quantitative estimate of drug-likeness (QED) is 0.757. The molecule has 0 saturated carbocycles. The van der Waals surface area contributed by atoms with Crippen LogP contribution in [0.15, 0.2) is 24.3 Å². The first-order chi connectivity index (χ1) is 10.4. The molecule has 22 heavy (non-hydrogen) atoms. The number of rotatable bonds is 3. The lowest BCUT2D eigenvalue weighted by molar-refractivity contribution is 0.308. The maximum Gasteiger partial charge on any atom is 0.0666 e. The monoisotopic (exact) mass is 316 g/mol. The van der Waals surface area contributed by atoms with Gasteiger partial charge in [-0.1, -0.05) is 45.4 Å². The van der Waals surface area contributed by atoms with Crippen LogP contribution in [0.25, 0.3) is 5.69 Å². The van der Waals surface area contributed by atoms with Gasteiger partial charge in [-0.05, 0) is 60.8 Å². The van der Waals surface area contributed by atoms with Crippen molar-refractivity contribution in [3.63, 3.8) is 0 Å². The molecule has 0 bridgehead atoms. The molecule has 3 heteroatoms. The Hall–Kier alpha value is -1.28. The first-order valence-corrected chi connectivity index (χ1v) is 8.59. The van der Waals surface area contributed by atoms with E-state index < -0.39 is 0 Å². The van der Waals surface area contributed by atoms with Crippen molar-refractivity contribution in [1.29, 1.82) is 0 Å². The van der Waals surface area contributed by atoms with Crippen LogP contribution in [0, 0.1) is 11.3 Å². The Morgan fingerprint density at radius 2 is 2.09 bits per heavy atom. The zero-order chi connectivity index (χ0) is 15.9. The summed E-state index contributed by atoms with van der Waals surface area (Å²) in [4.78, 5) is 0. The molecular weight excluding hydrogens is 292 g/mol. The Labute approximate surface area is 138 Å². The number of fused-ring (bicyclic) bond motifs is 1. The van der Waals surface area contributed by atoms with E-state index in [0.717, 1.165) is 30.0 Å². The Bertz CT molecular complexity index is 683. The molecule has 0 fully saturated rings. The van der Waals surface area contributed by atoms with E-state index in [9.17, 15) is 0 Å². The normalized spacial score (nSPS) is 16.8. The van der Waals surface area contributed by atoms with Crippen molar-refractivity contribution in [3.8, 4) is 5.69 Å². The van der Waals surface area contributed by atoms with Gasteiger partial charge >= 0.3 is 0 Å². The minimum absolute atomic E-state index is 0.346. The van der Waals surface area contributed by atoms with Gasteiger partial charge in [-0.25, -0.2) is 4.68 Å². The highest BCUT2D eigenvalue weighted by Gasteiger charge is 2.31. The Balaban J connectivity index is 2.11. The third kappa shape index (κ3) is 3.08. The van der Waals surface area contributed by atoms with Gasteiger partial charge in [0.15, 0.2) is 0 Å². The van der Waals surface area contributed by atoms with Crippen LogP contribution in [0.2, 0.25) is 5.02 Å². The number of hydrogen-bond donors (Lipinski definition) is 0. The highest BCUT2D eigenvalue weighted by atomic mass is 35.5. The van der Waals surface area contributed by atoms with E-state index in [-0.39, 0.29) is 0 Å². The lowest BCUT2D eigenvalue weighted by Crippen LogP contribution is -2.24. The highest BCUT2D eigenvalue weighted by Crippen LogP contribution is 2.37. The van der Waals surface area contributed by atoms with Gasteiger partial charge in [0.25, 0.3) is 0 Å². The molecule has 1 aromatic heterocycles. The second-order valence-electron chi connectivity index (χ2n) is 7.70. The van der Waals surface area contributed by atoms with Crippen LogP contribution in [0.3, 0.4) is 0 Å². The van der Waals surface area contributed by atoms with E-state index in [1.165, 1.54) is 23.4 Å². The minimum Gasteiger partial charge on any atom is -0.237 e. The Kier molecular flexibility index (Phi) is 4.07. The van der Waals surface area contributed by atoms with Crippen LogP contribution in [-0.4, -0.2) is 9.78 Å². The third-order valence-corrected chi connectivity index (χ3v) is 4.76. The summed E-state index contributed by atoms with van der Waals surface area (Å²) in [6.45, 7) is 9.23. The molecule has 2 nitrogen and oxygen atoms in total. The molecule has 2 aromatic rings. The maximum absolute atomic E-state index is 6.18. The van der Waals surface area contributed by atoms with Crippen molar-refractivity contribution in [1.82, 2.24) is 9.78 Å². The standard InChI is InChI=1S/C19H25ClN2/c1-13(2)10-17-16-8-9-19(3,4)12-18(16)22(21-17)15-7-5-6-14(20)11-15/h5-7,11,13H,8-10,12H2,1-4H3. The molecule has 0 radical (unpaired) electrons. The molecule has 0 spiro atoms. The zero-order valence-corrected chi connectivity index (χ0v) is 14.7. The average molecular weight is 317 g/mol. The molecule has 3 rings (SSSR count). The average Bonchev–Trinajstić information content (AvgIpc) is 2.74. The lowest BCUT2D eigenvalue weighted by atomic mass is 9.76. The largest absolute Gasteiger partial charge is 0.237 e. The molecule has 0 atom stereocenters. The molecular formula is C19H25ClN2. The predicted molar refractivity (Wildman–Crippen MR) is 92.9 cm³/mol. The fraction of sp³-hybridized carbons (Fsp3) is 0.526. The van der Waals surface area contributed by atoms with E-state index >= 15 is 0 Å². The Morgan fingerprint density at radius 3 is 2.77 bits per heavy atom. The van der Waals surface area contributed by atoms with E-state index in [2.05, 4.69) is 38.4 Å². The molecule has 1 aliphatic carbocycles. The first-order valence-electron chi connectivity index (χ1n) is 8.21. The fourth-order valence-electron chi connectivity index (χ4n) is 3.38. The summed E-state index contributed by atoms with van der Waals surface area (Å²) in [5.74, 6) is 0.627. The van der Waals surface area contributed by atoms with Crippen LogP contribution < -0.4 is 0 Å².